The van der Waals surface area contributed by atoms with Gasteiger partial charge in [-0.05, 0) is 19.9 Å². The van der Waals surface area contributed by atoms with E-state index in [1.807, 2.05) is 13.8 Å². The van der Waals surface area contributed by atoms with Gasteiger partial charge in [-0.25, -0.2) is 0 Å². The molecule has 0 spiro atoms. The van der Waals surface area contributed by atoms with Crippen molar-refractivity contribution < 1.29 is 5.11 Å². The molecule has 0 aromatic carbocycles. The Morgan fingerprint density at radius 2 is 2.29 bits per heavy atom. The van der Waals surface area contributed by atoms with Gasteiger partial charge in [-0.1, -0.05) is 13.8 Å². The molecule has 2 N–H and O–H groups in total. The Hall–Kier alpha value is -0.240. The summed E-state index contributed by atoms with van der Waals surface area (Å²) in [5.74, 6) is 0.745. The van der Waals surface area contributed by atoms with Gasteiger partial charge >= 0.3 is 0 Å². The summed E-state index contributed by atoms with van der Waals surface area (Å²) in [5.41, 5.74) is -0.434. The minimum absolute atomic E-state index is 0.208. The van der Waals surface area contributed by atoms with Crippen LogP contribution in [0, 0.1) is 11.3 Å². The molecule has 0 aliphatic rings. The molecule has 0 bridgehead atoms. The third-order valence-corrected chi connectivity index (χ3v) is 3.16. The lowest BCUT2D eigenvalue weighted by atomic mass is 9.98. The van der Waals surface area contributed by atoms with Crippen LogP contribution in [0.5, 0.6) is 0 Å². The number of hydrogen-bond acceptors (Lipinski definition) is 4. The molecule has 0 radical (unpaired) electrons. The molecule has 2 atom stereocenters. The third-order valence-electron chi connectivity index (χ3n) is 2.00. The molecule has 0 saturated heterocycles. The molecular formula is C10H20N2OS. The van der Waals surface area contributed by atoms with Crippen molar-refractivity contribution in [1.82, 2.24) is 5.32 Å². The summed E-state index contributed by atoms with van der Waals surface area (Å²) in [5, 5.41) is 21.3. The van der Waals surface area contributed by atoms with Crippen LogP contribution >= 0.6 is 11.8 Å². The maximum Gasteiger partial charge on any atom is 0.104 e. The second kappa shape index (κ2) is 7.10. The number of hydrogen-bond donors (Lipinski definition) is 2. The van der Waals surface area contributed by atoms with Crippen molar-refractivity contribution in [3.05, 3.63) is 0 Å². The first-order valence-electron chi connectivity index (χ1n) is 4.96. The maximum atomic E-state index is 9.02. The van der Waals surface area contributed by atoms with Gasteiger partial charge in [-0.2, -0.15) is 17.0 Å². The molecule has 0 amide bonds. The van der Waals surface area contributed by atoms with Gasteiger partial charge in [0.1, 0.15) is 5.54 Å². The monoisotopic (exact) mass is 216 g/mol. The van der Waals surface area contributed by atoms with Gasteiger partial charge in [0.05, 0.1) is 12.7 Å². The van der Waals surface area contributed by atoms with E-state index >= 15 is 0 Å². The summed E-state index contributed by atoms with van der Waals surface area (Å²) in [7, 11) is 0. The number of rotatable bonds is 7. The SMILES string of the molecule is CCNC(C)(C#N)CC(C)SCCO. The topological polar surface area (TPSA) is 56.0 Å². The first-order chi connectivity index (χ1) is 6.58. The Morgan fingerprint density at radius 1 is 1.64 bits per heavy atom. The lowest BCUT2D eigenvalue weighted by Gasteiger charge is -2.25. The summed E-state index contributed by atoms with van der Waals surface area (Å²) < 4.78 is 0. The van der Waals surface area contributed by atoms with Crippen molar-refractivity contribution in [1.29, 1.82) is 5.26 Å². The van der Waals surface area contributed by atoms with E-state index in [1.54, 1.807) is 11.8 Å². The van der Waals surface area contributed by atoms with Gasteiger partial charge in [0.2, 0.25) is 0 Å². The minimum atomic E-state index is -0.434. The van der Waals surface area contributed by atoms with Gasteiger partial charge in [-0.15, -0.1) is 0 Å². The molecule has 0 aliphatic carbocycles. The highest BCUT2D eigenvalue weighted by Crippen LogP contribution is 2.21. The second-order valence-electron chi connectivity index (χ2n) is 3.58. The molecule has 0 saturated carbocycles. The van der Waals surface area contributed by atoms with Crippen LogP contribution in [0.15, 0.2) is 0 Å². The van der Waals surface area contributed by atoms with Crippen LogP contribution in [0.2, 0.25) is 0 Å². The fourth-order valence-corrected chi connectivity index (χ4v) is 2.39. The van der Waals surface area contributed by atoms with E-state index in [0.717, 1.165) is 18.7 Å². The highest BCUT2D eigenvalue weighted by molar-refractivity contribution is 7.99. The van der Waals surface area contributed by atoms with Gasteiger partial charge < -0.3 is 5.11 Å². The average molecular weight is 216 g/mol. The molecule has 3 nitrogen and oxygen atoms in total. The highest BCUT2D eigenvalue weighted by Gasteiger charge is 2.24. The standard InChI is InChI=1S/C10H20N2OS/c1-4-12-10(3,8-11)7-9(2)14-6-5-13/h9,12-13H,4-7H2,1-3H3. The van der Waals surface area contributed by atoms with E-state index < -0.39 is 5.54 Å². The summed E-state index contributed by atoms with van der Waals surface area (Å²) in [6.45, 7) is 7.03. The Kier molecular flexibility index (Phi) is 6.98. The van der Waals surface area contributed by atoms with Crippen molar-refractivity contribution in [2.24, 2.45) is 0 Å². The molecule has 0 heterocycles. The zero-order valence-electron chi connectivity index (χ0n) is 9.21. The van der Waals surface area contributed by atoms with Crippen molar-refractivity contribution in [2.45, 2.75) is 38.0 Å². The van der Waals surface area contributed by atoms with E-state index in [1.165, 1.54) is 0 Å². The predicted octanol–water partition coefficient (Wildman–Crippen LogP) is 1.38. The van der Waals surface area contributed by atoms with Crippen molar-refractivity contribution in [3.63, 3.8) is 0 Å². The summed E-state index contributed by atoms with van der Waals surface area (Å²) in [6.07, 6.45) is 0.808. The van der Waals surface area contributed by atoms with Gasteiger partial charge in [0.25, 0.3) is 0 Å². The second-order valence-corrected chi connectivity index (χ2v) is 5.13. The Bertz CT molecular complexity index is 193. The van der Waals surface area contributed by atoms with Crippen LogP contribution in [0.25, 0.3) is 0 Å². The van der Waals surface area contributed by atoms with Crippen molar-refractivity contribution in [3.8, 4) is 6.07 Å². The maximum absolute atomic E-state index is 9.02. The third kappa shape index (κ3) is 5.48. The first-order valence-corrected chi connectivity index (χ1v) is 6.01. The van der Waals surface area contributed by atoms with Crippen LogP contribution in [0.4, 0.5) is 0 Å². The first kappa shape index (κ1) is 13.8. The van der Waals surface area contributed by atoms with Gasteiger partial charge in [0, 0.05) is 11.0 Å². The van der Waals surface area contributed by atoms with Crippen LogP contribution in [-0.4, -0.2) is 34.8 Å². The van der Waals surface area contributed by atoms with E-state index in [9.17, 15) is 0 Å². The van der Waals surface area contributed by atoms with Gasteiger partial charge in [-0.3, -0.25) is 5.32 Å². The van der Waals surface area contributed by atoms with Crippen LogP contribution in [0.3, 0.4) is 0 Å². The van der Waals surface area contributed by atoms with E-state index in [4.69, 9.17) is 10.4 Å². The smallest absolute Gasteiger partial charge is 0.104 e. The van der Waals surface area contributed by atoms with E-state index in [0.29, 0.717) is 5.25 Å². The quantitative estimate of drug-likeness (QED) is 0.675. The van der Waals surface area contributed by atoms with Crippen molar-refractivity contribution in [2.75, 3.05) is 18.9 Å². The Labute approximate surface area is 90.9 Å². The lowest BCUT2D eigenvalue weighted by Crippen LogP contribution is -2.42. The van der Waals surface area contributed by atoms with Crippen molar-refractivity contribution >= 4 is 11.8 Å². The number of nitrogens with zero attached hydrogens (tertiary/aromatic N) is 1. The number of thioether (sulfide) groups is 1. The molecule has 0 aromatic heterocycles. The summed E-state index contributed by atoms with van der Waals surface area (Å²) in [4.78, 5) is 0. The van der Waals surface area contributed by atoms with Crippen LogP contribution < -0.4 is 5.32 Å². The summed E-state index contributed by atoms with van der Waals surface area (Å²) >= 11 is 1.70. The molecule has 0 fully saturated rings. The Balaban J connectivity index is 3.98. The molecule has 4 heteroatoms. The summed E-state index contributed by atoms with van der Waals surface area (Å²) in [6, 6.07) is 2.30. The number of nitriles is 1. The normalized spacial score (nSPS) is 17.1. The highest BCUT2D eigenvalue weighted by atomic mass is 32.2. The molecule has 14 heavy (non-hydrogen) atoms. The zero-order valence-corrected chi connectivity index (χ0v) is 10.0. The largest absolute Gasteiger partial charge is 0.396 e. The molecule has 0 aliphatic heterocycles. The Morgan fingerprint density at radius 3 is 2.71 bits per heavy atom. The van der Waals surface area contributed by atoms with Crippen LogP contribution in [-0.2, 0) is 0 Å². The zero-order chi connectivity index (χ0) is 11.0. The van der Waals surface area contributed by atoms with Gasteiger partial charge in [0.15, 0.2) is 0 Å². The fourth-order valence-electron chi connectivity index (χ4n) is 1.44. The average Bonchev–Trinajstić information content (AvgIpc) is 2.15. The lowest BCUT2D eigenvalue weighted by molar-refractivity contribution is 0.322. The van der Waals surface area contributed by atoms with E-state index in [2.05, 4.69) is 18.3 Å². The van der Waals surface area contributed by atoms with Crippen LogP contribution in [0.1, 0.15) is 27.2 Å². The number of aliphatic hydroxyl groups excluding tert-OH is 1. The van der Waals surface area contributed by atoms with E-state index in [-0.39, 0.29) is 6.61 Å². The molecular weight excluding hydrogens is 196 g/mol. The molecule has 0 aromatic rings. The molecule has 0 rings (SSSR count). The predicted molar refractivity (Wildman–Crippen MR) is 61.3 cm³/mol. The number of nitrogens with one attached hydrogen (secondary N) is 1. The fraction of sp³-hybridized carbons (Fsp3) is 0.900. The molecule has 2 unspecified atom stereocenters. The molecule has 82 valence electrons. The minimum Gasteiger partial charge on any atom is -0.396 e. The number of aliphatic hydroxyl groups is 1.